The predicted octanol–water partition coefficient (Wildman–Crippen LogP) is 4.51. The fraction of sp³-hybridized carbons (Fsp3) is 0.0667. The standard InChI is InChI=1S/C15H11ClFIN2O3/c1-23-15(22)20-13-7-9(3-4-11(13)17)19-14(21)10-6-8(16)2-5-12(10)18/h2-7H,1H3,(H,19,21)(H,20,22). The minimum atomic E-state index is -0.809. The van der Waals surface area contributed by atoms with Crippen LogP contribution in [0.2, 0.25) is 5.02 Å². The van der Waals surface area contributed by atoms with Crippen LogP contribution in [0.4, 0.5) is 20.6 Å². The molecule has 0 atom stereocenters. The molecular weight excluding hydrogens is 438 g/mol. The van der Waals surface area contributed by atoms with Crippen LogP contribution in [0.25, 0.3) is 0 Å². The summed E-state index contributed by atoms with van der Waals surface area (Å²) in [5.41, 5.74) is 0.610. The molecule has 2 amide bonds. The summed E-state index contributed by atoms with van der Waals surface area (Å²) in [6.07, 6.45) is -0.809. The normalized spacial score (nSPS) is 10.1. The van der Waals surface area contributed by atoms with Gasteiger partial charge < -0.3 is 10.1 Å². The van der Waals surface area contributed by atoms with Crippen LogP contribution in [0.1, 0.15) is 10.4 Å². The molecule has 0 aliphatic carbocycles. The number of benzene rings is 2. The zero-order valence-corrected chi connectivity index (χ0v) is 14.7. The van der Waals surface area contributed by atoms with E-state index in [-0.39, 0.29) is 5.69 Å². The minimum Gasteiger partial charge on any atom is -0.453 e. The lowest BCUT2D eigenvalue weighted by Crippen LogP contribution is -2.15. The monoisotopic (exact) mass is 448 g/mol. The highest BCUT2D eigenvalue weighted by atomic mass is 127. The second-order valence-electron chi connectivity index (χ2n) is 4.39. The van der Waals surface area contributed by atoms with Crippen LogP contribution in [0.15, 0.2) is 36.4 Å². The Morgan fingerprint density at radius 1 is 1.17 bits per heavy atom. The van der Waals surface area contributed by atoms with Gasteiger partial charge in [-0.1, -0.05) is 11.6 Å². The lowest BCUT2D eigenvalue weighted by molar-refractivity contribution is 0.102. The Hall–Kier alpha value is -1.87. The molecule has 0 spiro atoms. The van der Waals surface area contributed by atoms with Gasteiger partial charge in [0.25, 0.3) is 5.91 Å². The van der Waals surface area contributed by atoms with Gasteiger partial charge in [-0.25, -0.2) is 9.18 Å². The topological polar surface area (TPSA) is 67.4 Å². The van der Waals surface area contributed by atoms with Gasteiger partial charge in [-0.3, -0.25) is 10.1 Å². The third-order valence-electron chi connectivity index (χ3n) is 2.82. The molecule has 23 heavy (non-hydrogen) atoms. The molecule has 0 aliphatic rings. The Kier molecular flexibility index (Phi) is 5.78. The molecule has 2 N–H and O–H groups in total. The third-order valence-corrected chi connectivity index (χ3v) is 4.00. The first-order chi connectivity index (χ1) is 10.9. The average molecular weight is 449 g/mol. The summed E-state index contributed by atoms with van der Waals surface area (Å²) in [5.74, 6) is -1.04. The van der Waals surface area contributed by atoms with Gasteiger partial charge in [0.2, 0.25) is 0 Å². The summed E-state index contributed by atoms with van der Waals surface area (Å²) in [5, 5.41) is 5.28. The number of amides is 2. The van der Waals surface area contributed by atoms with Crippen LogP contribution >= 0.6 is 34.2 Å². The maximum Gasteiger partial charge on any atom is 0.411 e. The quantitative estimate of drug-likeness (QED) is 0.679. The molecule has 0 saturated carbocycles. The van der Waals surface area contributed by atoms with E-state index in [1.54, 1.807) is 12.1 Å². The predicted molar refractivity (Wildman–Crippen MR) is 94.5 cm³/mol. The second kappa shape index (κ2) is 7.60. The van der Waals surface area contributed by atoms with E-state index in [4.69, 9.17) is 11.6 Å². The van der Waals surface area contributed by atoms with E-state index in [0.29, 0.717) is 16.3 Å². The van der Waals surface area contributed by atoms with Crippen molar-refractivity contribution < 1.29 is 18.7 Å². The Morgan fingerprint density at radius 2 is 1.91 bits per heavy atom. The number of hydrogen-bond acceptors (Lipinski definition) is 3. The molecule has 5 nitrogen and oxygen atoms in total. The van der Waals surface area contributed by atoms with E-state index in [1.807, 2.05) is 22.6 Å². The summed E-state index contributed by atoms with van der Waals surface area (Å²) in [6.45, 7) is 0. The van der Waals surface area contributed by atoms with Crippen molar-refractivity contribution in [1.29, 1.82) is 0 Å². The molecule has 0 bridgehead atoms. The fourth-order valence-corrected chi connectivity index (χ4v) is 2.48. The molecule has 0 radical (unpaired) electrons. The summed E-state index contributed by atoms with van der Waals surface area (Å²) < 4.78 is 18.8. The van der Waals surface area contributed by atoms with Crippen molar-refractivity contribution in [3.63, 3.8) is 0 Å². The van der Waals surface area contributed by atoms with Crippen LogP contribution in [0, 0.1) is 9.39 Å². The summed E-state index contributed by atoms with van der Waals surface area (Å²) in [7, 11) is 1.17. The van der Waals surface area contributed by atoms with Gasteiger partial charge in [0.05, 0.1) is 18.4 Å². The number of nitrogens with one attached hydrogen (secondary N) is 2. The molecule has 0 aliphatic heterocycles. The number of ether oxygens (including phenoxy) is 1. The van der Waals surface area contributed by atoms with Crippen LogP contribution in [0.5, 0.6) is 0 Å². The summed E-state index contributed by atoms with van der Waals surface area (Å²) in [4.78, 5) is 23.4. The highest BCUT2D eigenvalue weighted by Crippen LogP contribution is 2.22. The number of methoxy groups -OCH3 is 1. The van der Waals surface area contributed by atoms with Crippen molar-refractivity contribution in [1.82, 2.24) is 0 Å². The van der Waals surface area contributed by atoms with Crippen LogP contribution in [-0.2, 0) is 4.74 Å². The van der Waals surface area contributed by atoms with E-state index in [1.165, 1.54) is 25.3 Å². The fourth-order valence-electron chi connectivity index (χ4n) is 1.73. The second-order valence-corrected chi connectivity index (χ2v) is 5.99. The average Bonchev–Trinajstić information content (AvgIpc) is 2.52. The lowest BCUT2D eigenvalue weighted by atomic mass is 10.2. The van der Waals surface area contributed by atoms with Crippen molar-refractivity contribution in [2.45, 2.75) is 0 Å². The maximum atomic E-state index is 13.6. The molecule has 0 unspecified atom stereocenters. The van der Waals surface area contributed by atoms with Gasteiger partial charge in [0.15, 0.2) is 0 Å². The van der Waals surface area contributed by atoms with E-state index in [9.17, 15) is 14.0 Å². The molecule has 0 aromatic heterocycles. The smallest absolute Gasteiger partial charge is 0.411 e. The first-order valence-corrected chi connectivity index (χ1v) is 7.77. The van der Waals surface area contributed by atoms with E-state index < -0.39 is 17.8 Å². The van der Waals surface area contributed by atoms with Crippen molar-refractivity contribution in [3.05, 3.63) is 56.4 Å². The number of rotatable bonds is 3. The highest BCUT2D eigenvalue weighted by molar-refractivity contribution is 14.1. The highest BCUT2D eigenvalue weighted by Gasteiger charge is 2.13. The number of carbonyl (C=O) groups is 2. The Morgan fingerprint density at radius 3 is 2.61 bits per heavy atom. The van der Waals surface area contributed by atoms with Crippen LogP contribution in [-0.4, -0.2) is 19.1 Å². The SMILES string of the molecule is COC(=O)Nc1cc(NC(=O)c2cc(Cl)ccc2I)ccc1F. The first kappa shape index (κ1) is 17.5. The van der Waals surface area contributed by atoms with Gasteiger partial charge in [0, 0.05) is 14.3 Å². The van der Waals surface area contributed by atoms with Gasteiger partial charge in [-0.15, -0.1) is 0 Å². The molecule has 8 heteroatoms. The van der Waals surface area contributed by atoms with Crippen molar-refractivity contribution in [3.8, 4) is 0 Å². The number of hydrogen-bond donors (Lipinski definition) is 2. The van der Waals surface area contributed by atoms with Gasteiger partial charge in [-0.2, -0.15) is 0 Å². The zero-order valence-electron chi connectivity index (χ0n) is 11.8. The van der Waals surface area contributed by atoms with Crippen LogP contribution < -0.4 is 10.6 Å². The lowest BCUT2D eigenvalue weighted by Gasteiger charge is -2.10. The zero-order chi connectivity index (χ0) is 17.0. The van der Waals surface area contributed by atoms with E-state index in [0.717, 1.165) is 9.64 Å². The minimum absolute atomic E-state index is 0.101. The Balaban J connectivity index is 2.22. The van der Waals surface area contributed by atoms with Crippen LogP contribution in [0.3, 0.4) is 0 Å². The molecule has 2 aromatic rings. The molecule has 0 heterocycles. The molecular formula is C15H11ClFIN2O3. The van der Waals surface area contributed by atoms with Crippen molar-refractivity contribution in [2.24, 2.45) is 0 Å². The largest absolute Gasteiger partial charge is 0.453 e. The van der Waals surface area contributed by atoms with Crippen molar-refractivity contribution in [2.75, 3.05) is 17.7 Å². The third kappa shape index (κ3) is 4.55. The maximum absolute atomic E-state index is 13.6. The van der Waals surface area contributed by atoms with Crippen molar-refractivity contribution >= 4 is 57.6 Å². The van der Waals surface area contributed by atoms with Gasteiger partial charge >= 0.3 is 6.09 Å². The number of carbonyl (C=O) groups excluding carboxylic acids is 2. The van der Waals surface area contributed by atoms with Gasteiger partial charge in [-0.05, 0) is 59.0 Å². The summed E-state index contributed by atoms with van der Waals surface area (Å²) >= 11 is 7.90. The molecule has 120 valence electrons. The molecule has 0 fully saturated rings. The molecule has 2 aromatic carbocycles. The Labute approximate surface area is 150 Å². The van der Waals surface area contributed by atoms with E-state index in [2.05, 4.69) is 15.4 Å². The summed E-state index contributed by atoms with van der Waals surface area (Å²) in [6, 6.07) is 8.73. The van der Waals surface area contributed by atoms with E-state index >= 15 is 0 Å². The molecule has 0 saturated heterocycles. The Bertz CT molecular complexity index is 770. The number of anilines is 2. The number of halogens is 3. The van der Waals surface area contributed by atoms with Gasteiger partial charge in [0.1, 0.15) is 5.82 Å². The first-order valence-electron chi connectivity index (χ1n) is 6.31. The molecule has 2 rings (SSSR count).